The molecule has 1 N–H and O–H groups in total. The first-order chi connectivity index (χ1) is 8.41. The molecule has 0 bridgehead atoms. The van der Waals surface area contributed by atoms with E-state index in [1.165, 1.54) is 11.8 Å². The number of aromatic carboxylic acids is 1. The minimum absolute atomic E-state index is 0.132. The molecule has 1 aromatic heterocycles. The minimum atomic E-state index is -1.21. The molecule has 0 unspecified atom stereocenters. The molecule has 1 heterocycles. The molecule has 0 aliphatic heterocycles. The molecule has 0 aliphatic rings. The van der Waals surface area contributed by atoms with Gasteiger partial charge in [-0.15, -0.1) is 11.8 Å². The van der Waals surface area contributed by atoms with Crippen molar-refractivity contribution in [1.29, 1.82) is 0 Å². The normalized spacial score (nSPS) is 10.6. The van der Waals surface area contributed by atoms with E-state index in [0.29, 0.717) is 10.8 Å². The summed E-state index contributed by atoms with van der Waals surface area (Å²) in [5.74, 6) is -0.545. The topological polar surface area (TPSA) is 96.6 Å². The van der Waals surface area contributed by atoms with Gasteiger partial charge >= 0.3 is 5.97 Å². The van der Waals surface area contributed by atoms with Crippen LogP contribution in [0.1, 0.15) is 10.4 Å². The van der Waals surface area contributed by atoms with Crippen LogP contribution in [-0.4, -0.2) is 52.3 Å². The molecule has 1 rings (SSSR count). The number of aromatic nitrogens is 1. The summed E-state index contributed by atoms with van der Waals surface area (Å²) in [4.78, 5) is 26.7. The summed E-state index contributed by atoms with van der Waals surface area (Å²) >= 11 is 1.27. The lowest BCUT2D eigenvalue weighted by Crippen LogP contribution is -2.15. The summed E-state index contributed by atoms with van der Waals surface area (Å²) in [7, 11) is 3.81. The average Bonchev–Trinajstić information content (AvgIpc) is 2.28. The molecular weight excluding hydrogens is 258 g/mol. The highest BCUT2D eigenvalue weighted by Gasteiger charge is 2.17. The second kappa shape index (κ2) is 6.31. The summed E-state index contributed by atoms with van der Waals surface area (Å²) in [6.45, 7) is 0.766. The molecule has 0 atom stereocenters. The fourth-order valence-corrected chi connectivity index (χ4v) is 2.21. The second-order valence-corrected chi connectivity index (χ2v) is 4.84. The molecule has 0 aliphatic carbocycles. The molecule has 0 radical (unpaired) electrons. The molecular formula is C10H13N3O4S. The average molecular weight is 271 g/mol. The van der Waals surface area contributed by atoms with Crippen LogP contribution in [0.2, 0.25) is 0 Å². The van der Waals surface area contributed by atoms with E-state index >= 15 is 0 Å². The number of carboxylic acids is 1. The van der Waals surface area contributed by atoms with Gasteiger partial charge in [0.25, 0.3) is 5.69 Å². The quantitative estimate of drug-likeness (QED) is 0.473. The van der Waals surface area contributed by atoms with Crippen molar-refractivity contribution in [1.82, 2.24) is 9.88 Å². The summed E-state index contributed by atoms with van der Waals surface area (Å²) in [5, 5.41) is 19.8. The summed E-state index contributed by atoms with van der Waals surface area (Å²) in [6.07, 6.45) is 1.07. The molecule has 0 saturated heterocycles. The molecule has 0 fully saturated rings. The van der Waals surface area contributed by atoms with Crippen molar-refractivity contribution in [2.24, 2.45) is 0 Å². The SMILES string of the molecule is CN(C)CCSc1ncc([N+](=O)[O-])cc1C(=O)O. The van der Waals surface area contributed by atoms with Crippen LogP contribution < -0.4 is 0 Å². The van der Waals surface area contributed by atoms with Crippen LogP contribution in [0.3, 0.4) is 0 Å². The molecule has 7 nitrogen and oxygen atoms in total. The van der Waals surface area contributed by atoms with Gasteiger partial charge in [-0.05, 0) is 14.1 Å². The second-order valence-electron chi connectivity index (χ2n) is 3.76. The highest BCUT2D eigenvalue weighted by Crippen LogP contribution is 2.23. The first-order valence-corrected chi connectivity index (χ1v) is 6.05. The van der Waals surface area contributed by atoms with Gasteiger partial charge in [0.15, 0.2) is 0 Å². The van der Waals surface area contributed by atoms with Crippen molar-refractivity contribution in [3.8, 4) is 0 Å². The first-order valence-electron chi connectivity index (χ1n) is 5.07. The number of hydrogen-bond donors (Lipinski definition) is 1. The standard InChI is InChI=1S/C10H13N3O4S/c1-12(2)3-4-18-9-8(10(14)15)5-7(6-11-9)13(16)17/h5-6H,3-4H2,1-2H3,(H,14,15). The summed E-state index contributed by atoms with van der Waals surface area (Å²) in [5.41, 5.74) is -0.447. The lowest BCUT2D eigenvalue weighted by molar-refractivity contribution is -0.385. The molecule has 1 aromatic rings. The third-order valence-electron chi connectivity index (χ3n) is 2.06. The van der Waals surface area contributed by atoms with E-state index in [2.05, 4.69) is 4.98 Å². The number of nitro groups is 1. The number of nitrogens with zero attached hydrogens (tertiary/aromatic N) is 3. The predicted octanol–water partition coefficient (Wildman–Crippen LogP) is 1.34. The highest BCUT2D eigenvalue weighted by atomic mass is 32.2. The van der Waals surface area contributed by atoms with E-state index in [4.69, 9.17) is 5.11 Å². The fourth-order valence-electron chi connectivity index (χ4n) is 1.13. The van der Waals surface area contributed by atoms with Gasteiger partial charge in [-0.2, -0.15) is 0 Å². The zero-order valence-electron chi connectivity index (χ0n) is 9.99. The molecule has 98 valence electrons. The van der Waals surface area contributed by atoms with E-state index in [1.807, 2.05) is 19.0 Å². The summed E-state index contributed by atoms with van der Waals surface area (Å²) in [6, 6.07) is 1.04. The van der Waals surface area contributed by atoms with E-state index in [1.54, 1.807) is 0 Å². The largest absolute Gasteiger partial charge is 0.478 e. The third kappa shape index (κ3) is 3.97. The van der Waals surface area contributed by atoms with Gasteiger partial charge in [-0.3, -0.25) is 10.1 Å². The Morgan fingerprint density at radius 2 is 2.28 bits per heavy atom. The van der Waals surface area contributed by atoms with E-state index < -0.39 is 10.9 Å². The Bertz CT molecular complexity index is 464. The van der Waals surface area contributed by atoms with Crippen molar-refractivity contribution in [3.05, 3.63) is 27.9 Å². The molecule has 0 saturated carbocycles. The van der Waals surface area contributed by atoms with Crippen molar-refractivity contribution in [3.63, 3.8) is 0 Å². The Labute approximate surface area is 108 Å². The predicted molar refractivity (Wildman–Crippen MR) is 67.1 cm³/mol. The zero-order chi connectivity index (χ0) is 13.7. The number of carbonyl (C=O) groups is 1. The maximum absolute atomic E-state index is 11.0. The van der Waals surface area contributed by atoms with Gasteiger partial charge in [0.05, 0.1) is 10.5 Å². The van der Waals surface area contributed by atoms with Gasteiger partial charge in [0.2, 0.25) is 0 Å². The van der Waals surface area contributed by atoms with Crippen LogP contribution in [0.4, 0.5) is 5.69 Å². The molecule has 0 aromatic carbocycles. The van der Waals surface area contributed by atoms with Crippen molar-refractivity contribution in [2.75, 3.05) is 26.4 Å². The third-order valence-corrected chi connectivity index (χ3v) is 3.04. The van der Waals surface area contributed by atoms with E-state index in [9.17, 15) is 14.9 Å². The summed E-state index contributed by atoms with van der Waals surface area (Å²) < 4.78 is 0. The molecule has 18 heavy (non-hydrogen) atoms. The lowest BCUT2D eigenvalue weighted by Gasteiger charge is -2.09. The van der Waals surface area contributed by atoms with Crippen LogP contribution in [0.15, 0.2) is 17.3 Å². The van der Waals surface area contributed by atoms with Gasteiger partial charge in [0.1, 0.15) is 11.2 Å². The monoisotopic (exact) mass is 271 g/mol. The van der Waals surface area contributed by atoms with Crippen LogP contribution >= 0.6 is 11.8 Å². The van der Waals surface area contributed by atoms with Crippen LogP contribution in [-0.2, 0) is 0 Å². The first kappa shape index (κ1) is 14.4. The van der Waals surface area contributed by atoms with Gasteiger partial charge in [-0.1, -0.05) is 0 Å². The number of rotatable bonds is 6. The van der Waals surface area contributed by atoms with Crippen molar-refractivity contribution in [2.45, 2.75) is 5.03 Å². The van der Waals surface area contributed by atoms with Gasteiger partial charge < -0.3 is 10.0 Å². The number of thioether (sulfide) groups is 1. The van der Waals surface area contributed by atoms with E-state index in [0.717, 1.165) is 18.8 Å². The zero-order valence-corrected chi connectivity index (χ0v) is 10.8. The fraction of sp³-hybridized carbons (Fsp3) is 0.400. The van der Waals surface area contributed by atoms with Crippen molar-refractivity contribution < 1.29 is 14.8 Å². The Morgan fingerprint density at radius 1 is 1.61 bits per heavy atom. The smallest absolute Gasteiger partial charge is 0.338 e. The van der Waals surface area contributed by atoms with Crippen LogP contribution in [0.5, 0.6) is 0 Å². The van der Waals surface area contributed by atoms with Crippen LogP contribution in [0, 0.1) is 10.1 Å². The number of carboxylic acid groups (broad SMARTS) is 1. The maximum atomic E-state index is 11.0. The van der Waals surface area contributed by atoms with Gasteiger partial charge in [-0.25, -0.2) is 9.78 Å². The molecule has 0 amide bonds. The van der Waals surface area contributed by atoms with Crippen molar-refractivity contribution >= 4 is 23.4 Å². The number of hydrogen-bond acceptors (Lipinski definition) is 6. The Morgan fingerprint density at radius 3 is 2.78 bits per heavy atom. The molecule has 0 spiro atoms. The minimum Gasteiger partial charge on any atom is -0.478 e. The Balaban J connectivity index is 2.90. The maximum Gasteiger partial charge on any atom is 0.338 e. The lowest BCUT2D eigenvalue weighted by atomic mass is 10.3. The Hall–Kier alpha value is -1.67. The van der Waals surface area contributed by atoms with Crippen LogP contribution in [0.25, 0.3) is 0 Å². The Kier molecular flexibility index (Phi) is 5.05. The molecule has 8 heteroatoms. The van der Waals surface area contributed by atoms with Gasteiger partial charge in [0, 0.05) is 18.4 Å². The van der Waals surface area contributed by atoms with E-state index in [-0.39, 0.29) is 11.3 Å². The highest BCUT2D eigenvalue weighted by molar-refractivity contribution is 7.99. The number of pyridine rings is 1.